The Kier molecular flexibility index (Phi) is 3.36. The van der Waals surface area contributed by atoms with Gasteiger partial charge >= 0.3 is 0 Å². The second-order valence-electron chi connectivity index (χ2n) is 4.57. The number of hydrogen-bond acceptors (Lipinski definition) is 3. The van der Waals surface area contributed by atoms with Crippen molar-refractivity contribution in [1.82, 2.24) is 15.1 Å². The molecule has 1 N–H and O–H groups in total. The van der Waals surface area contributed by atoms with Gasteiger partial charge < -0.3 is 5.32 Å². The summed E-state index contributed by atoms with van der Waals surface area (Å²) in [6.07, 6.45) is 4.14. The molecule has 1 aromatic rings. The van der Waals surface area contributed by atoms with Crippen molar-refractivity contribution in [2.24, 2.45) is 5.92 Å². The van der Waals surface area contributed by atoms with Crippen LogP contribution in [0.2, 0.25) is 0 Å². The zero-order valence-electron chi connectivity index (χ0n) is 9.60. The summed E-state index contributed by atoms with van der Waals surface area (Å²) in [5, 5.41) is 8.36. The van der Waals surface area contributed by atoms with E-state index in [1.807, 2.05) is 22.6 Å². The van der Waals surface area contributed by atoms with Crippen molar-refractivity contribution >= 4 is 11.8 Å². The molecule has 0 aromatic carbocycles. The molecule has 1 saturated heterocycles. The Labute approximate surface area is 95.6 Å². The zero-order chi connectivity index (χ0) is 10.8. The van der Waals surface area contributed by atoms with Crippen LogP contribution in [0.1, 0.15) is 37.8 Å². The minimum atomic E-state index is 0.439. The molecule has 2 heterocycles. The molecule has 1 aromatic heterocycles. The maximum absolute atomic E-state index is 4.37. The Morgan fingerprint density at radius 3 is 2.93 bits per heavy atom. The van der Waals surface area contributed by atoms with E-state index in [2.05, 4.69) is 37.4 Å². The summed E-state index contributed by atoms with van der Waals surface area (Å²) in [5.41, 5.74) is 1.31. The first kappa shape index (κ1) is 11.0. The molecule has 4 heteroatoms. The van der Waals surface area contributed by atoms with Crippen molar-refractivity contribution in [2.75, 3.05) is 12.3 Å². The Bertz CT molecular complexity index is 313. The van der Waals surface area contributed by atoms with Gasteiger partial charge in [0.15, 0.2) is 0 Å². The lowest BCUT2D eigenvalue weighted by Gasteiger charge is -2.26. The summed E-state index contributed by atoms with van der Waals surface area (Å²) >= 11 is 1.99. The molecule has 0 bridgehead atoms. The monoisotopic (exact) mass is 225 g/mol. The minimum Gasteiger partial charge on any atom is -0.301 e. The van der Waals surface area contributed by atoms with Gasteiger partial charge in [-0.05, 0) is 32.1 Å². The fraction of sp³-hybridized carbons (Fsp3) is 0.727. The van der Waals surface area contributed by atoms with Crippen molar-refractivity contribution in [3.05, 3.63) is 18.0 Å². The fourth-order valence-electron chi connectivity index (χ4n) is 1.67. The second-order valence-corrected chi connectivity index (χ2v) is 5.71. The third-order valence-corrected chi connectivity index (χ3v) is 4.19. The van der Waals surface area contributed by atoms with Crippen molar-refractivity contribution in [3.63, 3.8) is 0 Å². The molecule has 3 nitrogen and oxygen atoms in total. The predicted octanol–water partition coefficient (Wildman–Crippen LogP) is 2.44. The van der Waals surface area contributed by atoms with E-state index >= 15 is 0 Å². The van der Waals surface area contributed by atoms with E-state index in [4.69, 9.17) is 0 Å². The average Bonchev–Trinajstić information content (AvgIpc) is 2.68. The normalized spacial score (nSPS) is 27.2. The summed E-state index contributed by atoms with van der Waals surface area (Å²) in [6, 6.07) is 0.450. The van der Waals surface area contributed by atoms with Crippen LogP contribution in [0.5, 0.6) is 0 Å². The first-order chi connectivity index (χ1) is 7.16. The largest absolute Gasteiger partial charge is 0.301 e. The number of thioether (sulfide) groups is 1. The molecule has 0 radical (unpaired) electrons. The highest BCUT2D eigenvalue weighted by Crippen LogP contribution is 2.31. The molecule has 0 saturated carbocycles. The SMILES string of the molecule is CC1CNC(c2cnn(C(C)C)c2)SC1. The molecule has 0 aliphatic carbocycles. The van der Waals surface area contributed by atoms with Gasteiger partial charge in [-0.15, -0.1) is 11.8 Å². The van der Waals surface area contributed by atoms with Crippen molar-refractivity contribution in [1.29, 1.82) is 0 Å². The number of hydrogen-bond donors (Lipinski definition) is 1. The molecule has 1 aliphatic rings. The molecule has 84 valence electrons. The van der Waals surface area contributed by atoms with E-state index in [-0.39, 0.29) is 0 Å². The van der Waals surface area contributed by atoms with E-state index < -0.39 is 0 Å². The smallest absolute Gasteiger partial charge is 0.0820 e. The summed E-state index contributed by atoms with van der Waals surface area (Å²) in [7, 11) is 0. The summed E-state index contributed by atoms with van der Waals surface area (Å²) in [4.78, 5) is 0. The highest BCUT2D eigenvalue weighted by atomic mass is 32.2. The number of nitrogens with one attached hydrogen (secondary N) is 1. The van der Waals surface area contributed by atoms with Gasteiger partial charge in [-0.1, -0.05) is 6.92 Å². The highest BCUT2D eigenvalue weighted by Gasteiger charge is 2.20. The predicted molar refractivity (Wildman–Crippen MR) is 65.0 cm³/mol. The Balaban J connectivity index is 2.03. The number of aromatic nitrogens is 2. The molecule has 0 amide bonds. The topological polar surface area (TPSA) is 29.9 Å². The molecule has 1 fully saturated rings. The number of nitrogens with zero attached hydrogens (tertiary/aromatic N) is 2. The maximum atomic E-state index is 4.37. The average molecular weight is 225 g/mol. The third kappa shape index (κ3) is 2.55. The standard InChI is InChI=1S/C11H19N3S/c1-8(2)14-6-10(5-13-14)11-12-4-9(3)7-15-11/h5-6,8-9,11-12H,4,7H2,1-3H3. The van der Waals surface area contributed by atoms with Gasteiger partial charge in [0, 0.05) is 17.8 Å². The zero-order valence-corrected chi connectivity index (χ0v) is 10.4. The van der Waals surface area contributed by atoms with Crippen LogP contribution in [0.4, 0.5) is 0 Å². The van der Waals surface area contributed by atoms with Crippen molar-refractivity contribution in [3.8, 4) is 0 Å². The van der Waals surface area contributed by atoms with Crippen LogP contribution in [0.15, 0.2) is 12.4 Å². The van der Waals surface area contributed by atoms with E-state index in [0.717, 1.165) is 12.5 Å². The Morgan fingerprint density at radius 2 is 2.40 bits per heavy atom. The Morgan fingerprint density at radius 1 is 1.60 bits per heavy atom. The van der Waals surface area contributed by atoms with Gasteiger partial charge in [0.05, 0.1) is 11.6 Å². The van der Waals surface area contributed by atoms with Crippen LogP contribution in [0.3, 0.4) is 0 Å². The van der Waals surface area contributed by atoms with E-state index in [1.165, 1.54) is 11.3 Å². The molecule has 2 unspecified atom stereocenters. The number of rotatable bonds is 2. The molecule has 15 heavy (non-hydrogen) atoms. The van der Waals surface area contributed by atoms with Gasteiger partial charge in [0.25, 0.3) is 0 Å². The lowest BCUT2D eigenvalue weighted by atomic mass is 10.2. The third-order valence-electron chi connectivity index (χ3n) is 2.65. The Hall–Kier alpha value is -0.480. The van der Waals surface area contributed by atoms with E-state index in [0.29, 0.717) is 11.4 Å². The maximum Gasteiger partial charge on any atom is 0.0820 e. The molecule has 0 spiro atoms. The van der Waals surface area contributed by atoms with Gasteiger partial charge in [0.2, 0.25) is 0 Å². The van der Waals surface area contributed by atoms with Crippen LogP contribution < -0.4 is 5.32 Å². The first-order valence-electron chi connectivity index (χ1n) is 5.56. The summed E-state index contributed by atoms with van der Waals surface area (Å²) in [5.74, 6) is 2.02. The first-order valence-corrected chi connectivity index (χ1v) is 6.60. The van der Waals surface area contributed by atoms with Gasteiger partial charge in [0.1, 0.15) is 0 Å². The fourth-order valence-corrected chi connectivity index (χ4v) is 2.84. The molecule has 1 aliphatic heterocycles. The molecule has 2 atom stereocenters. The van der Waals surface area contributed by atoms with Crippen LogP contribution in [0.25, 0.3) is 0 Å². The molecular weight excluding hydrogens is 206 g/mol. The van der Waals surface area contributed by atoms with Crippen molar-refractivity contribution in [2.45, 2.75) is 32.2 Å². The van der Waals surface area contributed by atoms with Crippen LogP contribution >= 0.6 is 11.8 Å². The summed E-state index contributed by atoms with van der Waals surface area (Å²) < 4.78 is 2.02. The van der Waals surface area contributed by atoms with Crippen LogP contribution in [-0.2, 0) is 0 Å². The quantitative estimate of drug-likeness (QED) is 0.838. The van der Waals surface area contributed by atoms with Crippen LogP contribution in [-0.4, -0.2) is 22.1 Å². The van der Waals surface area contributed by atoms with Gasteiger partial charge in [-0.2, -0.15) is 5.10 Å². The van der Waals surface area contributed by atoms with E-state index in [9.17, 15) is 0 Å². The lowest BCUT2D eigenvalue weighted by Crippen LogP contribution is -2.30. The van der Waals surface area contributed by atoms with Crippen LogP contribution in [0, 0.1) is 5.92 Å². The van der Waals surface area contributed by atoms with Crippen molar-refractivity contribution < 1.29 is 0 Å². The van der Waals surface area contributed by atoms with Gasteiger partial charge in [-0.3, -0.25) is 4.68 Å². The van der Waals surface area contributed by atoms with Gasteiger partial charge in [-0.25, -0.2) is 0 Å². The molecular formula is C11H19N3S. The minimum absolute atomic E-state index is 0.439. The summed E-state index contributed by atoms with van der Waals surface area (Å²) in [6.45, 7) is 7.71. The molecule has 2 rings (SSSR count). The van der Waals surface area contributed by atoms with E-state index in [1.54, 1.807) is 0 Å². The lowest BCUT2D eigenvalue weighted by molar-refractivity contribution is 0.522. The highest BCUT2D eigenvalue weighted by molar-refractivity contribution is 7.99. The second kappa shape index (κ2) is 4.58.